The third kappa shape index (κ3) is 7.65. The van der Waals surface area contributed by atoms with Crippen LogP contribution in [0.5, 0.6) is 0 Å². The standard InChI is InChI=1S/C21H42O4/c1-7-10-13-17(6)18(22)21(14-11-8-2,15-12-9-3)20(24)25-19(23)16(4)5/h16-18,20,22,24H,7-15H2,1-6H3. The van der Waals surface area contributed by atoms with Crippen LogP contribution < -0.4 is 0 Å². The predicted molar refractivity (Wildman–Crippen MR) is 103 cm³/mol. The molecule has 0 fully saturated rings. The van der Waals surface area contributed by atoms with Crippen LogP contribution >= 0.6 is 0 Å². The monoisotopic (exact) mass is 358 g/mol. The average molecular weight is 359 g/mol. The van der Waals surface area contributed by atoms with Gasteiger partial charge in [-0.15, -0.1) is 0 Å². The first-order valence-corrected chi connectivity index (χ1v) is 10.3. The summed E-state index contributed by atoms with van der Waals surface area (Å²) in [4.78, 5) is 12.0. The molecule has 3 atom stereocenters. The smallest absolute Gasteiger partial charge is 0.310 e. The lowest BCUT2D eigenvalue weighted by Gasteiger charge is -2.44. The van der Waals surface area contributed by atoms with Gasteiger partial charge in [-0.3, -0.25) is 4.79 Å². The highest BCUT2D eigenvalue weighted by atomic mass is 16.6. The zero-order valence-corrected chi connectivity index (χ0v) is 17.4. The predicted octanol–water partition coefficient (Wildman–Crippen LogP) is 5.06. The van der Waals surface area contributed by atoms with Gasteiger partial charge in [0.1, 0.15) is 0 Å². The van der Waals surface area contributed by atoms with Gasteiger partial charge in [0.2, 0.25) is 6.29 Å². The van der Waals surface area contributed by atoms with E-state index in [2.05, 4.69) is 20.8 Å². The molecular formula is C21H42O4. The lowest BCUT2D eigenvalue weighted by Crippen LogP contribution is -2.50. The van der Waals surface area contributed by atoms with Crippen LogP contribution in [0.1, 0.15) is 99.3 Å². The molecule has 0 aromatic rings. The van der Waals surface area contributed by atoms with Crippen molar-refractivity contribution in [1.29, 1.82) is 0 Å². The number of ether oxygens (including phenoxy) is 1. The third-order valence-corrected chi connectivity index (χ3v) is 5.32. The van der Waals surface area contributed by atoms with E-state index in [9.17, 15) is 15.0 Å². The molecule has 0 aliphatic carbocycles. The van der Waals surface area contributed by atoms with Crippen LogP contribution in [0.15, 0.2) is 0 Å². The number of esters is 1. The van der Waals surface area contributed by atoms with E-state index in [0.29, 0.717) is 12.8 Å². The summed E-state index contributed by atoms with van der Waals surface area (Å²) in [6.45, 7) is 11.9. The second-order valence-electron chi connectivity index (χ2n) is 7.95. The molecule has 2 N–H and O–H groups in total. The van der Waals surface area contributed by atoms with Crippen molar-refractivity contribution in [2.75, 3.05) is 0 Å². The molecule has 0 saturated carbocycles. The second-order valence-corrected chi connectivity index (χ2v) is 7.95. The Morgan fingerprint density at radius 3 is 1.80 bits per heavy atom. The van der Waals surface area contributed by atoms with E-state index >= 15 is 0 Å². The highest BCUT2D eigenvalue weighted by Crippen LogP contribution is 2.43. The molecule has 0 rings (SSSR count). The summed E-state index contributed by atoms with van der Waals surface area (Å²) in [5.74, 6) is -0.626. The van der Waals surface area contributed by atoms with Crippen molar-refractivity contribution in [3.8, 4) is 0 Å². The molecule has 0 saturated heterocycles. The van der Waals surface area contributed by atoms with E-state index in [1.165, 1.54) is 0 Å². The van der Waals surface area contributed by atoms with Crippen LogP contribution in [0.2, 0.25) is 0 Å². The van der Waals surface area contributed by atoms with Crippen molar-refractivity contribution in [3.05, 3.63) is 0 Å². The Morgan fingerprint density at radius 1 is 0.920 bits per heavy atom. The number of hydrogen-bond acceptors (Lipinski definition) is 4. The minimum Gasteiger partial charge on any atom is -0.435 e. The van der Waals surface area contributed by atoms with E-state index in [0.717, 1.165) is 44.9 Å². The number of hydrogen-bond donors (Lipinski definition) is 2. The van der Waals surface area contributed by atoms with Crippen molar-refractivity contribution in [1.82, 2.24) is 0 Å². The molecular weight excluding hydrogens is 316 g/mol. The van der Waals surface area contributed by atoms with Gasteiger partial charge in [-0.2, -0.15) is 0 Å². The zero-order chi connectivity index (χ0) is 19.5. The number of carbonyl (C=O) groups excluding carboxylic acids is 1. The van der Waals surface area contributed by atoms with Crippen molar-refractivity contribution < 1.29 is 19.7 Å². The van der Waals surface area contributed by atoms with Gasteiger partial charge in [-0.25, -0.2) is 0 Å². The molecule has 0 bridgehead atoms. The normalized spacial score (nSPS) is 15.9. The summed E-state index contributed by atoms with van der Waals surface area (Å²) >= 11 is 0. The number of unbranched alkanes of at least 4 members (excludes halogenated alkanes) is 3. The fourth-order valence-corrected chi connectivity index (χ4v) is 3.44. The second kappa shape index (κ2) is 12.7. The Kier molecular flexibility index (Phi) is 12.4. The minimum absolute atomic E-state index is 0.0704. The quantitative estimate of drug-likeness (QED) is 0.336. The van der Waals surface area contributed by atoms with Crippen molar-refractivity contribution in [3.63, 3.8) is 0 Å². The summed E-state index contributed by atoms with van der Waals surface area (Å²) in [6.07, 6.45) is 6.24. The fourth-order valence-electron chi connectivity index (χ4n) is 3.44. The summed E-state index contributed by atoms with van der Waals surface area (Å²) in [5.41, 5.74) is -0.774. The Hall–Kier alpha value is -0.610. The molecule has 0 heterocycles. The molecule has 3 unspecified atom stereocenters. The van der Waals surface area contributed by atoms with Gasteiger partial charge in [-0.1, -0.05) is 80.1 Å². The van der Waals surface area contributed by atoms with Crippen LogP contribution in [0.3, 0.4) is 0 Å². The van der Waals surface area contributed by atoms with Crippen LogP contribution in [0, 0.1) is 17.3 Å². The highest BCUT2D eigenvalue weighted by molar-refractivity contribution is 5.71. The maximum absolute atomic E-state index is 12.0. The van der Waals surface area contributed by atoms with Crippen LogP contribution in [-0.4, -0.2) is 28.6 Å². The molecule has 0 aromatic heterocycles. The van der Waals surface area contributed by atoms with E-state index < -0.39 is 23.8 Å². The van der Waals surface area contributed by atoms with Gasteiger partial charge in [0, 0.05) is 0 Å². The molecule has 4 nitrogen and oxygen atoms in total. The van der Waals surface area contributed by atoms with Gasteiger partial charge in [0.05, 0.1) is 17.4 Å². The fraction of sp³-hybridized carbons (Fsp3) is 0.952. The van der Waals surface area contributed by atoms with Crippen molar-refractivity contribution in [2.45, 2.75) is 112 Å². The summed E-state index contributed by atoms with van der Waals surface area (Å²) in [5, 5.41) is 22.1. The maximum Gasteiger partial charge on any atom is 0.310 e. The van der Waals surface area contributed by atoms with Crippen LogP contribution in [0.4, 0.5) is 0 Å². The summed E-state index contributed by atoms with van der Waals surface area (Å²) in [7, 11) is 0. The molecule has 0 radical (unpaired) electrons. The van der Waals surface area contributed by atoms with Crippen LogP contribution in [-0.2, 0) is 9.53 Å². The topological polar surface area (TPSA) is 66.8 Å². The molecule has 0 spiro atoms. The third-order valence-electron chi connectivity index (χ3n) is 5.32. The van der Waals surface area contributed by atoms with E-state index in [1.54, 1.807) is 13.8 Å². The maximum atomic E-state index is 12.0. The van der Waals surface area contributed by atoms with Gasteiger partial charge in [0.25, 0.3) is 0 Å². The highest BCUT2D eigenvalue weighted by Gasteiger charge is 2.47. The number of rotatable bonds is 14. The molecule has 25 heavy (non-hydrogen) atoms. The molecule has 150 valence electrons. The Labute approximate surface area is 155 Å². The van der Waals surface area contributed by atoms with E-state index in [4.69, 9.17) is 4.74 Å². The lowest BCUT2D eigenvalue weighted by atomic mass is 9.68. The Bertz CT molecular complexity index is 346. The Morgan fingerprint density at radius 2 is 1.40 bits per heavy atom. The SMILES string of the molecule is CCCCC(C)C(O)C(CCCC)(CCCC)C(O)OC(=O)C(C)C. The van der Waals surface area contributed by atoms with E-state index in [1.807, 2.05) is 6.92 Å². The first-order valence-electron chi connectivity index (χ1n) is 10.3. The van der Waals surface area contributed by atoms with Gasteiger partial charge in [-0.05, 0) is 25.2 Å². The van der Waals surface area contributed by atoms with Gasteiger partial charge in [0.15, 0.2) is 0 Å². The molecule has 4 heteroatoms. The zero-order valence-electron chi connectivity index (χ0n) is 17.4. The lowest BCUT2D eigenvalue weighted by molar-refractivity contribution is -0.224. The molecule has 0 aromatic carbocycles. The van der Waals surface area contributed by atoms with Crippen LogP contribution in [0.25, 0.3) is 0 Å². The number of aliphatic hydroxyl groups excluding tert-OH is 2. The number of aliphatic hydroxyl groups is 2. The summed E-state index contributed by atoms with van der Waals surface area (Å²) in [6, 6.07) is 0. The first-order chi connectivity index (χ1) is 11.8. The number of carbonyl (C=O) groups is 1. The summed E-state index contributed by atoms with van der Waals surface area (Å²) < 4.78 is 5.40. The molecule has 0 amide bonds. The largest absolute Gasteiger partial charge is 0.435 e. The van der Waals surface area contributed by atoms with E-state index in [-0.39, 0.29) is 11.8 Å². The van der Waals surface area contributed by atoms with Crippen molar-refractivity contribution >= 4 is 5.97 Å². The first kappa shape index (κ1) is 24.4. The minimum atomic E-state index is -1.25. The Balaban J connectivity index is 5.55. The van der Waals surface area contributed by atoms with Gasteiger partial charge >= 0.3 is 5.97 Å². The molecule has 0 aliphatic rings. The average Bonchev–Trinajstić information content (AvgIpc) is 2.59. The van der Waals surface area contributed by atoms with Crippen molar-refractivity contribution in [2.24, 2.45) is 17.3 Å². The van der Waals surface area contributed by atoms with Gasteiger partial charge < -0.3 is 14.9 Å². The molecule has 0 aliphatic heterocycles.